The molecule has 0 radical (unpaired) electrons. The minimum atomic E-state index is -1.07. The molecule has 7 heteroatoms. The van der Waals surface area contributed by atoms with Gasteiger partial charge in [0.15, 0.2) is 5.69 Å². The number of aromatic carboxylic acids is 1. The number of carboxylic acids is 2. The molecular formula is C13H17N3O4. The van der Waals surface area contributed by atoms with E-state index in [0.29, 0.717) is 18.7 Å². The van der Waals surface area contributed by atoms with Crippen LogP contribution in [-0.2, 0) is 17.8 Å². The summed E-state index contributed by atoms with van der Waals surface area (Å²) in [6.45, 7) is 2.25. The fraction of sp³-hybridized carbons (Fsp3) is 0.615. The van der Waals surface area contributed by atoms with E-state index >= 15 is 0 Å². The van der Waals surface area contributed by atoms with Gasteiger partial charge in [-0.1, -0.05) is 0 Å². The van der Waals surface area contributed by atoms with Crippen LogP contribution in [0.25, 0.3) is 0 Å². The van der Waals surface area contributed by atoms with Crippen molar-refractivity contribution in [2.75, 3.05) is 13.1 Å². The van der Waals surface area contributed by atoms with Crippen molar-refractivity contribution in [3.05, 3.63) is 17.2 Å². The number of aromatic nitrogens is 2. The van der Waals surface area contributed by atoms with Gasteiger partial charge >= 0.3 is 11.9 Å². The van der Waals surface area contributed by atoms with E-state index in [1.54, 1.807) is 0 Å². The van der Waals surface area contributed by atoms with Gasteiger partial charge in [-0.15, -0.1) is 0 Å². The first-order valence-electron chi connectivity index (χ1n) is 6.84. The molecule has 0 bridgehead atoms. The van der Waals surface area contributed by atoms with Crippen molar-refractivity contribution in [2.24, 2.45) is 5.92 Å². The van der Waals surface area contributed by atoms with Crippen molar-refractivity contribution in [3.63, 3.8) is 0 Å². The third-order valence-electron chi connectivity index (χ3n) is 4.22. The van der Waals surface area contributed by atoms with Crippen LogP contribution < -0.4 is 5.32 Å². The van der Waals surface area contributed by atoms with Gasteiger partial charge in [0.05, 0.1) is 11.6 Å². The molecule has 0 saturated carbocycles. The lowest BCUT2D eigenvalue weighted by molar-refractivity contribution is -0.142. The van der Waals surface area contributed by atoms with Crippen LogP contribution in [0, 0.1) is 5.92 Å². The summed E-state index contributed by atoms with van der Waals surface area (Å²) in [7, 11) is 0. The highest BCUT2D eigenvalue weighted by Gasteiger charge is 2.34. The number of rotatable bonds is 3. The average molecular weight is 279 g/mol. The van der Waals surface area contributed by atoms with Crippen molar-refractivity contribution in [1.29, 1.82) is 0 Å². The molecule has 20 heavy (non-hydrogen) atoms. The number of fused-ring (bicyclic) bond motifs is 1. The molecule has 1 aromatic heterocycles. The molecular weight excluding hydrogens is 262 g/mol. The molecule has 0 amide bonds. The van der Waals surface area contributed by atoms with E-state index in [9.17, 15) is 14.7 Å². The molecule has 3 rings (SSSR count). The summed E-state index contributed by atoms with van der Waals surface area (Å²) in [6, 6.07) is 0. The third kappa shape index (κ3) is 2.07. The zero-order valence-corrected chi connectivity index (χ0v) is 11.0. The molecule has 3 N–H and O–H groups in total. The Morgan fingerprint density at radius 1 is 1.30 bits per heavy atom. The Labute approximate surface area is 115 Å². The summed E-state index contributed by atoms with van der Waals surface area (Å²) < 4.78 is 1.93. The van der Waals surface area contributed by atoms with Crippen molar-refractivity contribution < 1.29 is 19.8 Å². The van der Waals surface area contributed by atoms with Crippen LogP contribution in [-0.4, -0.2) is 44.8 Å². The Bertz CT molecular complexity index is 560. The van der Waals surface area contributed by atoms with Gasteiger partial charge in [-0.3, -0.25) is 4.79 Å². The van der Waals surface area contributed by atoms with Crippen LogP contribution in [0.4, 0.5) is 0 Å². The van der Waals surface area contributed by atoms with Crippen LogP contribution in [0.5, 0.6) is 0 Å². The SMILES string of the molecule is O=C(O)c1nc(C2CCNC2)n2c1CC(C(=O)O)CC2. The monoisotopic (exact) mass is 279 g/mol. The molecule has 2 aliphatic heterocycles. The molecule has 1 fully saturated rings. The van der Waals surface area contributed by atoms with Gasteiger partial charge in [0, 0.05) is 25.4 Å². The van der Waals surface area contributed by atoms with Gasteiger partial charge in [0.2, 0.25) is 0 Å². The lowest BCUT2D eigenvalue weighted by Gasteiger charge is -2.23. The molecule has 0 aromatic carbocycles. The standard InChI is InChI=1S/C13H17N3O4/c17-12(18)7-2-4-16-9(5-7)10(13(19)20)15-11(16)8-1-3-14-6-8/h7-8,14H,1-6H2,(H,17,18)(H,19,20). The Kier molecular flexibility index (Phi) is 3.21. The topological polar surface area (TPSA) is 104 Å². The quantitative estimate of drug-likeness (QED) is 0.735. The Hall–Kier alpha value is -1.89. The van der Waals surface area contributed by atoms with E-state index in [4.69, 9.17) is 5.11 Å². The molecule has 2 unspecified atom stereocenters. The van der Waals surface area contributed by atoms with E-state index < -0.39 is 17.9 Å². The second-order valence-electron chi connectivity index (χ2n) is 5.44. The number of hydrogen-bond acceptors (Lipinski definition) is 4. The van der Waals surface area contributed by atoms with Gasteiger partial charge in [0.25, 0.3) is 0 Å². The summed E-state index contributed by atoms with van der Waals surface area (Å²) >= 11 is 0. The van der Waals surface area contributed by atoms with Crippen molar-refractivity contribution in [2.45, 2.75) is 31.7 Å². The number of aliphatic carboxylic acids is 1. The maximum absolute atomic E-state index is 11.3. The average Bonchev–Trinajstić information content (AvgIpc) is 3.04. The fourth-order valence-electron chi connectivity index (χ4n) is 3.15. The normalized spacial score (nSPS) is 25.4. The number of nitrogens with one attached hydrogen (secondary N) is 1. The lowest BCUT2D eigenvalue weighted by Crippen LogP contribution is -2.27. The van der Waals surface area contributed by atoms with E-state index in [1.807, 2.05) is 4.57 Å². The first kappa shape index (κ1) is 13.1. The maximum Gasteiger partial charge on any atom is 0.356 e. The second kappa shape index (κ2) is 4.90. The summed E-state index contributed by atoms with van der Waals surface area (Å²) in [5, 5.41) is 21.7. The van der Waals surface area contributed by atoms with E-state index in [-0.39, 0.29) is 18.0 Å². The lowest BCUT2D eigenvalue weighted by atomic mass is 9.95. The zero-order valence-electron chi connectivity index (χ0n) is 11.0. The molecule has 2 aliphatic rings. The van der Waals surface area contributed by atoms with Gasteiger partial charge < -0.3 is 20.1 Å². The van der Waals surface area contributed by atoms with Crippen molar-refractivity contribution >= 4 is 11.9 Å². The number of carbonyl (C=O) groups is 2. The molecule has 1 saturated heterocycles. The smallest absolute Gasteiger partial charge is 0.356 e. The third-order valence-corrected chi connectivity index (χ3v) is 4.22. The molecule has 0 spiro atoms. The molecule has 108 valence electrons. The predicted molar refractivity (Wildman–Crippen MR) is 68.9 cm³/mol. The number of carboxylic acid groups (broad SMARTS) is 2. The van der Waals surface area contributed by atoms with Gasteiger partial charge in [0.1, 0.15) is 5.82 Å². The molecule has 1 aromatic rings. The Morgan fingerprint density at radius 2 is 2.10 bits per heavy atom. The highest BCUT2D eigenvalue weighted by Crippen LogP contribution is 2.30. The second-order valence-corrected chi connectivity index (χ2v) is 5.44. The minimum absolute atomic E-state index is 0.0258. The molecule has 0 aliphatic carbocycles. The van der Waals surface area contributed by atoms with Crippen LogP contribution >= 0.6 is 0 Å². The first-order valence-corrected chi connectivity index (χ1v) is 6.84. The number of nitrogens with zero attached hydrogens (tertiary/aromatic N) is 2. The van der Waals surface area contributed by atoms with Crippen LogP contribution in [0.15, 0.2) is 0 Å². The Balaban J connectivity index is 2.01. The molecule has 2 atom stereocenters. The number of imidazole rings is 1. The maximum atomic E-state index is 11.3. The molecule has 3 heterocycles. The van der Waals surface area contributed by atoms with Crippen molar-refractivity contribution in [3.8, 4) is 0 Å². The van der Waals surface area contributed by atoms with Crippen molar-refractivity contribution in [1.82, 2.24) is 14.9 Å². The largest absolute Gasteiger partial charge is 0.481 e. The van der Waals surface area contributed by atoms with Crippen LogP contribution in [0.2, 0.25) is 0 Å². The fourth-order valence-corrected chi connectivity index (χ4v) is 3.15. The summed E-state index contributed by atoms with van der Waals surface area (Å²) in [4.78, 5) is 26.8. The summed E-state index contributed by atoms with van der Waals surface area (Å²) in [6.07, 6.45) is 1.73. The van der Waals surface area contributed by atoms with Gasteiger partial charge in [-0.2, -0.15) is 0 Å². The van der Waals surface area contributed by atoms with Gasteiger partial charge in [-0.25, -0.2) is 9.78 Å². The summed E-state index contributed by atoms with van der Waals surface area (Å²) in [5.41, 5.74) is 0.593. The van der Waals surface area contributed by atoms with Gasteiger partial charge in [-0.05, 0) is 19.4 Å². The van der Waals surface area contributed by atoms with Crippen LogP contribution in [0.3, 0.4) is 0 Å². The first-order chi connectivity index (χ1) is 9.58. The van der Waals surface area contributed by atoms with Crippen LogP contribution in [0.1, 0.15) is 40.8 Å². The molecule has 7 nitrogen and oxygen atoms in total. The predicted octanol–water partition coefficient (Wildman–Crippen LogP) is 0.305. The summed E-state index contributed by atoms with van der Waals surface area (Å²) in [5.74, 6) is -1.42. The van der Waals surface area contributed by atoms with E-state index in [0.717, 1.165) is 25.3 Å². The Morgan fingerprint density at radius 3 is 2.70 bits per heavy atom. The van der Waals surface area contributed by atoms with E-state index in [2.05, 4.69) is 10.3 Å². The zero-order chi connectivity index (χ0) is 14.3. The minimum Gasteiger partial charge on any atom is -0.481 e. The number of hydrogen-bond donors (Lipinski definition) is 3. The highest BCUT2D eigenvalue weighted by molar-refractivity contribution is 5.87. The highest BCUT2D eigenvalue weighted by atomic mass is 16.4. The van der Waals surface area contributed by atoms with E-state index in [1.165, 1.54) is 0 Å².